The van der Waals surface area contributed by atoms with Crippen molar-refractivity contribution in [1.82, 2.24) is 20.2 Å². The molecule has 0 amide bonds. The lowest BCUT2D eigenvalue weighted by Gasteiger charge is -2.41. The van der Waals surface area contributed by atoms with Gasteiger partial charge in [-0.2, -0.15) is 13.2 Å². The van der Waals surface area contributed by atoms with Crippen LogP contribution in [0.2, 0.25) is 5.02 Å². The van der Waals surface area contributed by atoms with E-state index in [2.05, 4.69) is 24.9 Å². The number of hydrogen-bond acceptors (Lipinski definition) is 7. The van der Waals surface area contributed by atoms with Crippen LogP contribution in [0.1, 0.15) is 36.3 Å². The Balaban J connectivity index is 1.50. The first-order chi connectivity index (χ1) is 18.7. The smallest absolute Gasteiger partial charge is 0.416 e. The van der Waals surface area contributed by atoms with Gasteiger partial charge in [0.05, 0.1) is 15.5 Å². The second kappa shape index (κ2) is 13.2. The first-order valence-electron chi connectivity index (χ1n) is 12.5. The molecule has 4 rings (SSSR count). The molecular formula is C27H30ClF4N5OS. The van der Waals surface area contributed by atoms with Crippen LogP contribution in [-0.2, 0) is 6.18 Å². The number of ether oxygens (including phenoxy) is 1. The molecule has 0 spiro atoms. The molecule has 1 aliphatic rings. The zero-order valence-corrected chi connectivity index (χ0v) is 23.1. The summed E-state index contributed by atoms with van der Waals surface area (Å²) in [5.74, 6) is 0.192. The van der Waals surface area contributed by atoms with E-state index in [-0.39, 0.29) is 33.7 Å². The average Bonchev–Trinajstić information content (AvgIpc) is 2.93. The molecule has 3 atom stereocenters. The summed E-state index contributed by atoms with van der Waals surface area (Å²) in [4.78, 5) is 10.3. The van der Waals surface area contributed by atoms with E-state index in [1.54, 1.807) is 18.3 Å². The van der Waals surface area contributed by atoms with E-state index in [1.807, 2.05) is 14.1 Å². The average molecular weight is 584 g/mol. The maximum Gasteiger partial charge on any atom is 0.416 e. The Morgan fingerprint density at radius 3 is 2.72 bits per heavy atom. The Bertz CT molecular complexity index is 1240. The molecule has 210 valence electrons. The molecule has 0 bridgehead atoms. The second-order valence-electron chi connectivity index (χ2n) is 9.45. The number of alkyl halides is 3. The van der Waals surface area contributed by atoms with Gasteiger partial charge in [-0.1, -0.05) is 29.8 Å². The van der Waals surface area contributed by atoms with Crippen LogP contribution in [0.3, 0.4) is 0 Å². The first-order valence-corrected chi connectivity index (χ1v) is 13.7. The van der Waals surface area contributed by atoms with Gasteiger partial charge in [0.1, 0.15) is 29.8 Å². The van der Waals surface area contributed by atoms with Crippen molar-refractivity contribution in [2.75, 3.05) is 31.9 Å². The number of nitrogens with one attached hydrogen (secondary N) is 2. The molecule has 6 nitrogen and oxygen atoms in total. The third-order valence-electron chi connectivity index (χ3n) is 6.83. The third-order valence-corrected chi connectivity index (χ3v) is 7.97. The number of likely N-dealkylation sites (N-methyl/N-ethyl adjacent to an activating group) is 2. The molecule has 2 unspecified atom stereocenters. The van der Waals surface area contributed by atoms with Gasteiger partial charge in [0.15, 0.2) is 0 Å². The summed E-state index contributed by atoms with van der Waals surface area (Å²) in [7, 11) is 3.82. The summed E-state index contributed by atoms with van der Waals surface area (Å²) in [6.07, 6.45) is 0.0660. The molecule has 1 saturated carbocycles. The number of anilines is 1. The SMILES string of the molecule is CNCCN(C)C1CC(c2cccc(C(F)(F)F)c2)CC[C@@H]1Oc1cc(F)c(SNc2ccncn2)cc1Cl. The van der Waals surface area contributed by atoms with Crippen molar-refractivity contribution in [1.29, 1.82) is 0 Å². The fraction of sp³-hybridized carbons (Fsp3) is 0.407. The Hall–Kier alpha value is -2.60. The summed E-state index contributed by atoms with van der Waals surface area (Å²) in [5, 5.41) is 3.39. The predicted molar refractivity (Wildman–Crippen MR) is 146 cm³/mol. The maximum absolute atomic E-state index is 15.0. The molecule has 0 aliphatic heterocycles. The number of rotatable bonds is 10. The van der Waals surface area contributed by atoms with Crippen molar-refractivity contribution in [3.63, 3.8) is 0 Å². The minimum Gasteiger partial charge on any atom is -0.487 e. The van der Waals surface area contributed by atoms with E-state index in [0.717, 1.165) is 24.6 Å². The van der Waals surface area contributed by atoms with Gasteiger partial charge >= 0.3 is 6.18 Å². The van der Waals surface area contributed by atoms with E-state index in [0.29, 0.717) is 37.2 Å². The number of halogens is 5. The van der Waals surface area contributed by atoms with Gasteiger partial charge in [0.25, 0.3) is 0 Å². The number of benzene rings is 2. The van der Waals surface area contributed by atoms with Crippen LogP contribution >= 0.6 is 23.5 Å². The zero-order valence-electron chi connectivity index (χ0n) is 21.5. The van der Waals surface area contributed by atoms with Gasteiger partial charge in [0.2, 0.25) is 0 Å². The summed E-state index contributed by atoms with van der Waals surface area (Å²) < 4.78 is 64.2. The molecule has 12 heteroatoms. The Kier molecular flexibility index (Phi) is 9.92. The molecular weight excluding hydrogens is 554 g/mol. The highest BCUT2D eigenvalue weighted by molar-refractivity contribution is 8.00. The van der Waals surface area contributed by atoms with E-state index in [9.17, 15) is 17.6 Å². The van der Waals surface area contributed by atoms with E-state index in [4.69, 9.17) is 16.3 Å². The Morgan fingerprint density at radius 2 is 2.00 bits per heavy atom. The third kappa shape index (κ3) is 7.75. The molecule has 0 saturated heterocycles. The number of nitrogens with zero attached hydrogens (tertiary/aromatic N) is 3. The highest BCUT2D eigenvalue weighted by atomic mass is 35.5. The van der Waals surface area contributed by atoms with Crippen LogP contribution in [0, 0.1) is 5.82 Å². The van der Waals surface area contributed by atoms with Crippen LogP contribution in [0.5, 0.6) is 5.75 Å². The molecule has 1 heterocycles. The lowest BCUT2D eigenvalue weighted by atomic mass is 9.79. The van der Waals surface area contributed by atoms with Crippen LogP contribution in [0.15, 0.2) is 59.9 Å². The van der Waals surface area contributed by atoms with Gasteiger partial charge in [0, 0.05) is 31.4 Å². The fourth-order valence-corrected chi connectivity index (χ4v) is 5.69. The summed E-state index contributed by atoms with van der Waals surface area (Å²) in [6, 6.07) is 9.87. The lowest BCUT2D eigenvalue weighted by Crippen LogP contribution is -2.49. The van der Waals surface area contributed by atoms with Crippen molar-refractivity contribution < 1.29 is 22.3 Å². The van der Waals surface area contributed by atoms with Gasteiger partial charge < -0.3 is 14.8 Å². The molecule has 0 radical (unpaired) electrons. The maximum atomic E-state index is 15.0. The second-order valence-corrected chi connectivity index (χ2v) is 10.7. The molecule has 1 fully saturated rings. The van der Waals surface area contributed by atoms with E-state index in [1.165, 1.54) is 30.6 Å². The topological polar surface area (TPSA) is 62.3 Å². The lowest BCUT2D eigenvalue weighted by molar-refractivity contribution is -0.137. The van der Waals surface area contributed by atoms with Crippen molar-refractivity contribution in [3.8, 4) is 5.75 Å². The quantitative estimate of drug-likeness (QED) is 0.205. The largest absolute Gasteiger partial charge is 0.487 e. The highest BCUT2D eigenvalue weighted by Gasteiger charge is 2.37. The number of hydrogen-bond donors (Lipinski definition) is 2. The van der Waals surface area contributed by atoms with Crippen LogP contribution in [0.25, 0.3) is 0 Å². The van der Waals surface area contributed by atoms with E-state index >= 15 is 0 Å². The molecule has 39 heavy (non-hydrogen) atoms. The van der Waals surface area contributed by atoms with E-state index < -0.39 is 17.6 Å². The Morgan fingerprint density at radius 1 is 1.18 bits per heavy atom. The highest BCUT2D eigenvalue weighted by Crippen LogP contribution is 2.40. The minimum atomic E-state index is -4.39. The number of aromatic nitrogens is 2. The van der Waals surface area contributed by atoms with Crippen LogP contribution in [-0.4, -0.2) is 54.2 Å². The molecule has 1 aliphatic carbocycles. The standard InChI is InChI=1S/C27H30ClF4N5OS/c1-33-10-11-37(2)22-13-18(17-4-3-5-19(12-17)27(30,31)32)6-7-23(22)38-24-15-21(29)25(14-20(24)28)39-36-26-8-9-34-16-35-26/h3-5,8-9,12,14-16,18,22-23,33H,6-7,10-11,13H2,1-2H3,(H,34,35,36)/t18?,22?,23-/m0/s1. The zero-order chi connectivity index (χ0) is 28.0. The fourth-order valence-electron chi connectivity index (χ4n) is 4.75. The summed E-state index contributed by atoms with van der Waals surface area (Å²) in [6.45, 7) is 1.44. The van der Waals surface area contributed by atoms with Crippen molar-refractivity contribution in [3.05, 3.63) is 77.0 Å². The van der Waals surface area contributed by atoms with Crippen molar-refractivity contribution in [2.45, 2.75) is 48.4 Å². The molecule has 1 aromatic heterocycles. The van der Waals surface area contributed by atoms with Crippen molar-refractivity contribution in [2.24, 2.45) is 0 Å². The summed E-state index contributed by atoms with van der Waals surface area (Å²) in [5.41, 5.74) is 0.0183. The Labute approximate surface area is 234 Å². The minimum absolute atomic E-state index is 0.0620. The van der Waals surface area contributed by atoms with Gasteiger partial charge in [-0.25, -0.2) is 14.4 Å². The molecule has 3 aromatic rings. The molecule has 2 aromatic carbocycles. The summed E-state index contributed by atoms with van der Waals surface area (Å²) >= 11 is 7.54. The van der Waals surface area contributed by atoms with Crippen LogP contribution in [0.4, 0.5) is 23.4 Å². The monoisotopic (exact) mass is 583 g/mol. The first kappa shape index (κ1) is 29.4. The van der Waals surface area contributed by atoms with Gasteiger partial charge in [-0.05, 0) is 75.0 Å². The predicted octanol–water partition coefficient (Wildman–Crippen LogP) is 6.64. The van der Waals surface area contributed by atoms with Gasteiger partial charge in [-0.15, -0.1) is 0 Å². The van der Waals surface area contributed by atoms with Crippen LogP contribution < -0.4 is 14.8 Å². The van der Waals surface area contributed by atoms with Crippen molar-refractivity contribution >= 4 is 29.4 Å². The van der Waals surface area contributed by atoms with Gasteiger partial charge in [-0.3, -0.25) is 4.90 Å². The normalized spacial score (nSPS) is 19.7. The molecule has 2 N–H and O–H groups in total.